The average Bonchev–Trinajstić information content (AvgIpc) is 3.14. The molecule has 1 heterocycles. The Labute approximate surface area is 144 Å². The predicted octanol–water partition coefficient (Wildman–Crippen LogP) is 3.18. The zero-order chi connectivity index (χ0) is 17.2. The molecule has 0 aliphatic heterocycles. The van der Waals surface area contributed by atoms with E-state index in [1.54, 1.807) is 12.3 Å². The SMILES string of the molecule is O=C(NCC(O)c1ccc2ccccc2c1)c1cccc2cn[nH]c12. The summed E-state index contributed by atoms with van der Waals surface area (Å²) >= 11 is 0. The van der Waals surface area contributed by atoms with Crippen LogP contribution in [0.5, 0.6) is 0 Å². The van der Waals surface area contributed by atoms with Gasteiger partial charge in [-0.15, -0.1) is 0 Å². The number of aliphatic hydroxyl groups excluding tert-OH is 1. The van der Waals surface area contributed by atoms with E-state index in [1.807, 2.05) is 54.6 Å². The number of H-pyrrole nitrogens is 1. The third kappa shape index (κ3) is 2.97. The van der Waals surface area contributed by atoms with Gasteiger partial charge in [0.25, 0.3) is 5.91 Å². The second kappa shape index (κ2) is 6.37. The van der Waals surface area contributed by atoms with Gasteiger partial charge in [0.15, 0.2) is 0 Å². The number of amides is 1. The van der Waals surface area contributed by atoms with Crippen molar-refractivity contribution in [2.24, 2.45) is 0 Å². The fourth-order valence-electron chi connectivity index (χ4n) is 2.98. The maximum atomic E-state index is 12.4. The van der Waals surface area contributed by atoms with Gasteiger partial charge in [0.2, 0.25) is 0 Å². The topological polar surface area (TPSA) is 78.0 Å². The molecule has 0 saturated heterocycles. The summed E-state index contributed by atoms with van der Waals surface area (Å²) in [7, 11) is 0. The first kappa shape index (κ1) is 15.4. The molecule has 1 unspecified atom stereocenters. The number of fused-ring (bicyclic) bond motifs is 2. The van der Waals surface area contributed by atoms with Crippen LogP contribution in [-0.2, 0) is 0 Å². The van der Waals surface area contributed by atoms with Crippen molar-refractivity contribution in [2.75, 3.05) is 6.54 Å². The van der Waals surface area contributed by atoms with Gasteiger partial charge in [-0.05, 0) is 28.5 Å². The quantitative estimate of drug-likeness (QED) is 0.537. The van der Waals surface area contributed by atoms with Crippen molar-refractivity contribution in [1.29, 1.82) is 0 Å². The lowest BCUT2D eigenvalue weighted by molar-refractivity contribution is 0.0918. The third-order valence-electron chi connectivity index (χ3n) is 4.34. The third-order valence-corrected chi connectivity index (χ3v) is 4.34. The Morgan fingerprint density at radius 1 is 1.04 bits per heavy atom. The van der Waals surface area contributed by atoms with Gasteiger partial charge in [0.1, 0.15) is 0 Å². The maximum Gasteiger partial charge on any atom is 0.253 e. The van der Waals surface area contributed by atoms with Crippen LogP contribution in [-0.4, -0.2) is 27.8 Å². The number of carbonyl (C=O) groups is 1. The molecular formula is C20H17N3O2. The summed E-state index contributed by atoms with van der Waals surface area (Å²) in [6.07, 6.45) is 0.908. The van der Waals surface area contributed by atoms with Crippen LogP contribution < -0.4 is 5.32 Å². The van der Waals surface area contributed by atoms with Gasteiger partial charge in [0.05, 0.1) is 23.4 Å². The maximum absolute atomic E-state index is 12.4. The molecule has 3 aromatic carbocycles. The second-order valence-corrected chi connectivity index (χ2v) is 5.97. The van der Waals surface area contributed by atoms with E-state index < -0.39 is 6.10 Å². The summed E-state index contributed by atoms with van der Waals surface area (Å²) < 4.78 is 0. The highest BCUT2D eigenvalue weighted by molar-refractivity contribution is 6.05. The van der Waals surface area contributed by atoms with Crippen LogP contribution in [0.2, 0.25) is 0 Å². The Bertz CT molecular complexity index is 1050. The van der Waals surface area contributed by atoms with E-state index >= 15 is 0 Å². The van der Waals surface area contributed by atoms with Gasteiger partial charge in [0, 0.05) is 11.9 Å². The van der Waals surface area contributed by atoms with Crippen LogP contribution in [0.3, 0.4) is 0 Å². The minimum absolute atomic E-state index is 0.141. The fraction of sp³-hybridized carbons (Fsp3) is 0.100. The van der Waals surface area contributed by atoms with Crippen molar-refractivity contribution in [2.45, 2.75) is 6.10 Å². The molecule has 0 radical (unpaired) electrons. The molecule has 0 saturated carbocycles. The molecule has 0 aliphatic rings. The molecule has 0 bridgehead atoms. The number of nitrogens with zero attached hydrogens (tertiary/aromatic N) is 1. The summed E-state index contributed by atoms with van der Waals surface area (Å²) in [4.78, 5) is 12.4. The number of aromatic nitrogens is 2. The van der Waals surface area contributed by atoms with E-state index in [1.165, 1.54) is 0 Å². The largest absolute Gasteiger partial charge is 0.387 e. The summed E-state index contributed by atoms with van der Waals surface area (Å²) in [5.41, 5.74) is 1.99. The molecule has 5 heteroatoms. The number of para-hydroxylation sites is 1. The Balaban J connectivity index is 1.50. The summed E-state index contributed by atoms with van der Waals surface area (Å²) in [6, 6.07) is 19.2. The van der Waals surface area contributed by atoms with E-state index in [0.29, 0.717) is 11.1 Å². The first-order valence-electron chi connectivity index (χ1n) is 8.09. The van der Waals surface area contributed by atoms with Crippen LogP contribution in [0.1, 0.15) is 22.0 Å². The molecular weight excluding hydrogens is 314 g/mol. The van der Waals surface area contributed by atoms with Crippen molar-refractivity contribution in [3.63, 3.8) is 0 Å². The summed E-state index contributed by atoms with van der Waals surface area (Å²) in [5.74, 6) is -0.241. The van der Waals surface area contributed by atoms with Crippen LogP contribution in [0, 0.1) is 0 Å². The second-order valence-electron chi connectivity index (χ2n) is 5.97. The van der Waals surface area contributed by atoms with Crippen molar-refractivity contribution < 1.29 is 9.90 Å². The molecule has 124 valence electrons. The fourth-order valence-corrected chi connectivity index (χ4v) is 2.98. The molecule has 0 aliphatic carbocycles. The molecule has 4 aromatic rings. The number of rotatable bonds is 4. The Kier molecular flexibility index (Phi) is 3.91. The number of hydrogen-bond acceptors (Lipinski definition) is 3. The minimum atomic E-state index is -0.769. The average molecular weight is 331 g/mol. The Morgan fingerprint density at radius 2 is 1.84 bits per heavy atom. The summed E-state index contributed by atoms with van der Waals surface area (Å²) in [5, 5.41) is 23.1. The smallest absolute Gasteiger partial charge is 0.253 e. The zero-order valence-electron chi connectivity index (χ0n) is 13.4. The Hall–Kier alpha value is -3.18. The Morgan fingerprint density at radius 3 is 2.72 bits per heavy atom. The minimum Gasteiger partial charge on any atom is -0.387 e. The molecule has 1 atom stereocenters. The monoisotopic (exact) mass is 331 g/mol. The van der Waals surface area contributed by atoms with E-state index in [2.05, 4.69) is 15.5 Å². The van der Waals surface area contributed by atoms with Gasteiger partial charge in [-0.2, -0.15) is 5.10 Å². The van der Waals surface area contributed by atoms with Crippen LogP contribution in [0.25, 0.3) is 21.7 Å². The number of aromatic amines is 1. The number of nitrogens with one attached hydrogen (secondary N) is 2. The molecule has 1 aromatic heterocycles. The van der Waals surface area contributed by atoms with Crippen molar-refractivity contribution in [3.8, 4) is 0 Å². The molecule has 3 N–H and O–H groups in total. The van der Waals surface area contributed by atoms with Gasteiger partial charge >= 0.3 is 0 Å². The number of hydrogen-bond donors (Lipinski definition) is 3. The lowest BCUT2D eigenvalue weighted by atomic mass is 10.0. The van der Waals surface area contributed by atoms with E-state index in [-0.39, 0.29) is 12.5 Å². The lowest BCUT2D eigenvalue weighted by Crippen LogP contribution is -2.28. The highest BCUT2D eigenvalue weighted by Crippen LogP contribution is 2.20. The van der Waals surface area contributed by atoms with Crippen molar-refractivity contribution in [1.82, 2.24) is 15.5 Å². The molecule has 25 heavy (non-hydrogen) atoms. The first-order valence-corrected chi connectivity index (χ1v) is 8.09. The van der Waals surface area contributed by atoms with Gasteiger partial charge in [-0.1, -0.05) is 48.5 Å². The predicted molar refractivity (Wildman–Crippen MR) is 97.3 cm³/mol. The van der Waals surface area contributed by atoms with Gasteiger partial charge < -0.3 is 10.4 Å². The van der Waals surface area contributed by atoms with Crippen LogP contribution in [0.15, 0.2) is 66.9 Å². The normalized spacial score (nSPS) is 12.4. The van der Waals surface area contributed by atoms with Crippen molar-refractivity contribution in [3.05, 3.63) is 78.0 Å². The lowest BCUT2D eigenvalue weighted by Gasteiger charge is -2.13. The highest BCUT2D eigenvalue weighted by atomic mass is 16.3. The van der Waals surface area contributed by atoms with Crippen molar-refractivity contribution >= 4 is 27.6 Å². The van der Waals surface area contributed by atoms with Crippen LogP contribution >= 0.6 is 0 Å². The molecule has 0 fully saturated rings. The van der Waals surface area contributed by atoms with E-state index in [0.717, 1.165) is 21.7 Å². The van der Waals surface area contributed by atoms with Crippen LogP contribution in [0.4, 0.5) is 0 Å². The van der Waals surface area contributed by atoms with E-state index in [4.69, 9.17) is 0 Å². The van der Waals surface area contributed by atoms with Gasteiger partial charge in [-0.25, -0.2) is 0 Å². The van der Waals surface area contributed by atoms with E-state index in [9.17, 15) is 9.90 Å². The molecule has 1 amide bonds. The number of aliphatic hydroxyl groups is 1. The molecule has 0 spiro atoms. The molecule has 5 nitrogen and oxygen atoms in total. The zero-order valence-corrected chi connectivity index (χ0v) is 13.4. The van der Waals surface area contributed by atoms with Gasteiger partial charge in [-0.3, -0.25) is 9.89 Å². The first-order chi connectivity index (χ1) is 12.2. The number of carbonyl (C=O) groups excluding carboxylic acids is 1. The standard InChI is InChI=1S/C20H17N3O2/c24-18(15-9-8-13-4-1-2-5-14(13)10-15)12-21-20(25)17-7-3-6-16-11-22-23-19(16)17/h1-11,18,24H,12H2,(H,21,25)(H,22,23). The number of benzene rings is 3. The highest BCUT2D eigenvalue weighted by Gasteiger charge is 2.14. The molecule has 4 rings (SSSR count). The summed E-state index contributed by atoms with van der Waals surface area (Å²) in [6.45, 7) is 0.141.